The molecule has 0 amide bonds. The minimum Gasteiger partial charge on any atom is -0.616 e. The van der Waals surface area contributed by atoms with Crippen LogP contribution < -0.4 is 4.74 Å². The van der Waals surface area contributed by atoms with Gasteiger partial charge < -0.3 is 19.4 Å². The molecule has 1 aliphatic rings. The third kappa shape index (κ3) is 6.90. The summed E-state index contributed by atoms with van der Waals surface area (Å²) in [6.07, 6.45) is 3.08. The van der Waals surface area contributed by atoms with E-state index in [9.17, 15) is 14.5 Å². The van der Waals surface area contributed by atoms with Crippen LogP contribution in [0.2, 0.25) is 0 Å². The van der Waals surface area contributed by atoms with Crippen molar-refractivity contribution < 1.29 is 28.0 Å². The van der Waals surface area contributed by atoms with Gasteiger partial charge in [0, 0.05) is 48.0 Å². The molecule has 0 aliphatic carbocycles. The topological polar surface area (TPSA) is 116 Å². The second-order valence-corrected chi connectivity index (χ2v) is 15.1. The van der Waals surface area contributed by atoms with Gasteiger partial charge >= 0.3 is 5.97 Å². The number of carbonyl (C=O) groups is 1. The maximum atomic E-state index is 15.5. The summed E-state index contributed by atoms with van der Waals surface area (Å²) in [6.45, 7) is 3.65. The molecule has 3 unspecified atom stereocenters. The second-order valence-electron chi connectivity index (χ2n) is 12.2. The molecule has 47 heavy (non-hydrogen) atoms. The first-order chi connectivity index (χ1) is 22.5. The first-order valence-electron chi connectivity index (χ1n) is 15.5. The van der Waals surface area contributed by atoms with Gasteiger partial charge in [0.1, 0.15) is 23.1 Å². The smallest absolute Gasteiger partial charge is 0.306 e. The number of thioether (sulfide) groups is 1. The number of benzene rings is 3. The van der Waals surface area contributed by atoms with Gasteiger partial charge in [-0.05, 0) is 60.9 Å². The van der Waals surface area contributed by atoms with Gasteiger partial charge in [0.25, 0.3) is 0 Å². The second kappa shape index (κ2) is 13.7. The van der Waals surface area contributed by atoms with E-state index >= 15 is 8.78 Å². The molecule has 2 aromatic heterocycles. The van der Waals surface area contributed by atoms with Crippen LogP contribution in [0, 0.1) is 17.6 Å². The van der Waals surface area contributed by atoms with E-state index in [0.29, 0.717) is 59.2 Å². The number of hydrogen-bond donors (Lipinski definition) is 2. The Balaban J connectivity index is 1.45. The summed E-state index contributed by atoms with van der Waals surface area (Å²) >= 11 is 0.505. The Kier molecular flexibility index (Phi) is 9.63. The van der Waals surface area contributed by atoms with Crippen molar-refractivity contribution in [2.75, 3.05) is 23.0 Å². The molecular weight excluding hydrogens is 643 g/mol. The van der Waals surface area contributed by atoms with Crippen molar-refractivity contribution in [3.63, 3.8) is 0 Å². The van der Waals surface area contributed by atoms with E-state index in [1.807, 2.05) is 37.3 Å². The standard InChI is InChI=1S/C35H36F2N4O4S2/c1-21(33(42)43)17-22-5-4-6-23(18-22)35(2)11-15-47(44)16-14-46-13-10-26-25-9-12-38-30(25)20-29(37)31(26)45-24-7-8-28(36)27(19-24)32-39-34(35)40-41(32)3/h4-9,12,18-21,38H,10-11,13-17H2,1-3H3,(H,42,43). The SMILES string of the molecule is CC(Cc1cccc(C2(C)CC[S+]([O-])CCSCCc3c(c(F)cc4[nH]ccc34)Oc3ccc(F)c(c3)-c3nc2nn3C)c1)C(=O)O. The van der Waals surface area contributed by atoms with E-state index in [1.54, 1.807) is 31.9 Å². The van der Waals surface area contributed by atoms with Gasteiger partial charge in [0.2, 0.25) is 0 Å². The zero-order valence-corrected chi connectivity index (χ0v) is 28.0. The molecule has 5 aromatic rings. The molecule has 3 heterocycles. The monoisotopic (exact) mass is 678 g/mol. The molecule has 12 heteroatoms. The van der Waals surface area contributed by atoms with E-state index in [1.165, 1.54) is 28.9 Å². The lowest BCUT2D eigenvalue weighted by Crippen LogP contribution is -2.30. The lowest BCUT2D eigenvalue weighted by molar-refractivity contribution is -0.141. The summed E-state index contributed by atoms with van der Waals surface area (Å²) in [6, 6.07) is 15.2. The number of nitrogens with one attached hydrogen (secondary N) is 1. The van der Waals surface area contributed by atoms with Crippen molar-refractivity contribution in [1.29, 1.82) is 0 Å². The number of aryl methyl sites for hydroxylation is 2. The molecule has 3 aromatic carbocycles. The molecule has 0 saturated heterocycles. The molecule has 1 aliphatic heterocycles. The van der Waals surface area contributed by atoms with Crippen molar-refractivity contribution in [1.82, 2.24) is 19.7 Å². The molecule has 0 fully saturated rings. The molecule has 2 N–H and O–H groups in total. The fraction of sp³-hybridized carbons (Fsp3) is 0.343. The number of carboxylic acids is 1. The summed E-state index contributed by atoms with van der Waals surface area (Å²) in [5.74, 6) is 0.710. The van der Waals surface area contributed by atoms with Crippen molar-refractivity contribution in [2.24, 2.45) is 13.0 Å². The molecule has 8 nitrogen and oxygen atoms in total. The van der Waals surface area contributed by atoms with Crippen LogP contribution in [0.1, 0.15) is 42.8 Å². The van der Waals surface area contributed by atoms with Gasteiger partial charge in [-0.15, -0.1) is 0 Å². The fourth-order valence-corrected chi connectivity index (χ4v) is 8.62. The van der Waals surface area contributed by atoms with Crippen LogP contribution in [0.4, 0.5) is 8.78 Å². The minimum absolute atomic E-state index is 0.0864. The molecule has 6 rings (SSSR count). The van der Waals surface area contributed by atoms with Crippen molar-refractivity contribution >= 4 is 39.8 Å². The summed E-state index contributed by atoms with van der Waals surface area (Å²) in [5.41, 5.74) is 2.40. The summed E-state index contributed by atoms with van der Waals surface area (Å²) < 4.78 is 52.0. The number of carboxylic acid groups (broad SMARTS) is 1. The molecule has 4 bridgehead atoms. The summed E-state index contributed by atoms with van der Waals surface area (Å²) in [5, 5.41) is 15.1. The number of halogens is 2. The van der Waals surface area contributed by atoms with Crippen molar-refractivity contribution in [2.45, 2.75) is 38.5 Å². The van der Waals surface area contributed by atoms with E-state index in [4.69, 9.17) is 14.8 Å². The Morgan fingerprint density at radius 2 is 2.00 bits per heavy atom. The Labute approximate surface area is 279 Å². The number of fused-ring (bicyclic) bond motifs is 8. The Bertz CT molecular complexity index is 1930. The zero-order chi connectivity index (χ0) is 33.3. The van der Waals surface area contributed by atoms with Gasteiger partial charge in [0.05, 0.1) is 16.9 Å². The predicted octanol–water partition coefficient (Wildman–Crippen LogP) is 7.03. The number of aliphatic carboxylic acids is 1. The fourth-order valence-electron chi connectivity index (χ4n) is 6.01. The van der Waals surface area contributed by atoms with Crippen molar-refractivity contribution in [3.8, 4) is 22.9 Å². The zero-order valence-electron chi connectivity index (χ0n) is 26.4. The highest BCUT2D eigenvalue weighted by atomic mass is 32.2. The highest BCUT2D eigenvalue weighted by molar-refractivity contribution is 8.00. The van der Waals surface area contributed by atoms with Crippen molar-refractivity contribution in [3.05, 3.63) is 94.9 Å². The lowest BCUT2D eigenvalue weighted by Gasteiger charge is -2.28. The lowest BCUT2D eigenvalue weighted by atomic mass is 9.78. The maximum Gasteiger partial charge on any atom is 0.306 e. The first kappa shape index (κ1) is 33.0. The molecule has 0 radical (unpaired) electrons. The van der Waals surface area contributed by atoms with Gasteiger partial charge in [-0.3, -0.25) is 4.79 Å². The van der Waals surface area contributed by atoms with Crippen LogP contribution in [0.15, 0.2) is 60.8 Å². The van der Waals surface area contributed by atoms with Crippen LogP contribution in [-0.4, -0.2) is 58.4 Å². The van der Waals surface area contributed by atoms with Crippen LogP contribution in [0.3, 0.4) is 0 Å². The highest BCUT2D eigenvalue weighted by Gasteiger charge is 2.36. The van der Waals surface area contributed by atoms with Gasteiger partial charge in [-0.1, -0.05) is 42.4 Å². The molecule has 246 valence electrons. The average Bonchev–Trinajstić information content (AvgIpc) is 3.68. The first-order valence-corrected chi connectivity index (χ1v) is 18.1. The Morgan fingerprint density at radius 1 is 1.17 bits per heavy atom. The summed E-state index contributed by atoms with van der Waals surface area (Å²) in [7, 11) is 1.68. The number of ether oxygens (including phenoxy) is 1. The molecule has 0 saturated carbocycles. The van der Waals surface area contributed by atoms with Crippen LogP contribution >= 0.6 is 11.8 Å². The molecular formula is C35H36F2N4O4S2. The number of aromatic amines is 1. The van der Waals surface area contributed by atoms with E-state index in [0.717, 1.165) is 16.5 Å². The average molecular weight is 679 g/mol. The van der Waals surface area contributed by atoms with Crippen LogP contribution in [0.5, 0.6) is 11.5 Å². The van der Waals surface area contributed by atoms with Crippen LogP contribution in [0.25, 0.3) is 22.3 Å². The minimum atomic E-state index is -1.15. The Morgan fingerprint density at radius 3 is 2.81 bits per heavy atom. The quantitative estimate of drug-likeness (QED) is 0.196. The normalized spacial score (nSPS) is 19.7. The van der Waals surface area contributed by atoms with Gasteiger partial charge in [-0.25, -0.2) is 18.4 Å². The van der Waals surface area contributed by atoms with E-state index < -0.39 is 40.1 Å². The third-order valence-corrected chi connectivity index (χ3v) is 11.4. The van der Waals surface area contributed by atoms with Crippen LogP contribution in [-0.2, 0) is 41.3 Å². The largest absolute Gasteiger partial charge is 0.616 e. The molecule has 3 atom stereocenters. The highest BCUT2D eigenvalue weighted by Crippen LogP contribution is 2.39. The van der Waals surface area contributed by atoms with Gasteiger partial charge in [0.15, 0.2) is 23.2 Å². The predicted molar refractivity (Wildman–Crippen MR) is 182 cm³/mol. The number of aromatic nitrogens is 4. The van der Waals surface area contributed by atoms with E-state index in [2.05, 4.69) is 4.98 Å². The number of nitrogens with zero attached hydrogens (tertiary/aromatic N) is 3. The van der Waals surface area contributed by atoms with Gasteiger partial charge in [-0.2, -0.15) is 16.9 Å². The Hall–Kier alpha value is -3.87. The van der Waals surface area contributed by atoms with E-state index in [-0.39, 0.29) is 22.9 Å². The maximum absolute atomic E-state index is 15.5. The number of hydrogen-bond acceptors (Lipinski definition) is 6. The number of rotatable bonds is 4. The third-order valence-electron chi connectivity index (χ3n) is 8.83. The summed E-state index contributed by atoms with van der Waals surface area (Å²) in [4.78, 5) is 19.5. The number of H-pyrrole nitrogens is 1. The molecule has 0 spiro atoms.